The number of hydrogen-bond acceptors (Lipinski definition) is 4. The first-order valence-electron chi connectivity index (χ1n) is 4.47. The van der Waals surface area contributed by atoms with Gasteiger partial charge in [-0.1, -0.05) is 29.4 Å². The molecule has 1 rings (SSSR count). The molecule has 1 aromatic rings. The van der Waals surface area contributed by atoms with Gasteiger partial charge in [-0.2, -0.15) is 0 Å². The number of allylic oxidation sites excluding steroid dienone is 1. The van der Waals surface area contributed by atoms with E-state index in [2.05, 4.69) is 10.2 Å². The Hall–Kier alpha value is -0.870. The molecular weight excluding hydrogens is 232 g/mol. The molecule has 5 heteroatoms. The Morgan fingerprint density at radius 2 is 2.33 bits per heavy atom. The van der Waals surface area contributed by atoms with Gasteiger partial charge in [-0.3, -0.25) is 4.79 Å². The molecule has 1 aromatic heterocycles. The molecule has 0 N–H and O–H groups in total. The van der Waals surface area contributed by atoms with Crippen molar-refractivity contribution in [1.82, 2.24) is 10.2 Å². The number of halogens is 1. The van der Waals surface area contributed by atoms with Gasteiger partial charge in [0.05, 0.1) is 5.69 Å². The van der Waals surface area contributed by atoms with Gasteiger partial charge in [0.1, 0.15) is 0 Å². The summed E-state index contributed by atoms with van der Waals surface area (Å²) >= 11 is 6.91. The van der Waals surface area contributed by atoms with Crippen molar-refractivity contribution in [2.75, 3.05) is 5.75 Å². The Labute approximate surface area is 97.9 Å². The van der Waals surface area contributed by atoms with Crippen LogP contribution >= 0.6 is 23.4 Å². The standard InChI is InChI=1S/C10H11ClN2OS/c1-8(14)15-7-3-2-4-9-5-6-10(11)13-12-9/h2,4-6H,3,7H2,1H3. The highest BCUT2D eigenvalue weighted by Gasteiger charge is 1.92. The highest BCUT2D eigenvalue weighted by molar-refractivity contribution is 8.13. The van der Waals surface area contributed by atoms with Crippen LogP contribution in [0.1, 0.15) is 19.0 Å². The van der Waals surface area contributed by atoms with E-state index in [0.717, 1.165) is 17.9 Å². The third-order valence-corrected chi connectivity index (χ3v) is 2.58. The number of carbonyl (C=O) groups excluding carboxylic acids is 1. The summed E-state index contributed by atoms with van der Waals surface area (Å²) in [5.41, 5.74) is 0.771. The van der Waals surface area contributed by atoms with Crippen LogP contribution in [0.4, 0.5) is 0 Å². The van der Waals surface area contributed by atoms with Crippen LogP contribution in [0, 0.1) is 0 Å². The fourth-order valence-corrected chi connectivity index (χ4v) is 1.53. The number of aromatic nitrogens is 2. The van der Waals surface area contributed by atoms with Crippen molar-refractivity contribution in [2.45, 2.75) is 13.3 Å². The molecule has 1 heterocycles. The highest BCUT2D eigenvalue weighted by Crippen LogP contribution is 2.06. The Morgan fingerprint density at radius 3 is 2.93 bits per heavy atom. The summed E-state index contributed by atoms with van der Waals surface area (Å²) in [7, 11) is 0. The molecule has 0 amide bonds. The van der Waals surface area contributed by atoms with Gasteiger partial charge in [-0.25, -0.2) is 0 Å². The molecule has 0 fully saturated rings. The van der Waals surface area contributed by atoms with Gasteiger partial charge in [0.25, 0.3) is 0 Å². The summed E-state index contributed by atoms with van der Waals surface area (Å²) in [5.74, 6) is 0.798. The van der Waals surface area contributed by atoms with Crippen LogP contribution in [0.5, 0.6) is 0 Å². The molecule has 0 aliphatic carbocycles. The highest BCUT2D eigenvalue weighted by atomic mass is 35.5. The molecule has 0 saturated heterocycles. The predicted octanol–water partition coefficient (Wildman–Crippen LogP) is 2.81. The monoisotopic (exact) mass is 242 g/mol. The van der Waals surface area contributed by atoms with Crippen LogP contribution < -0.4 is 0 Å². The van der Waals surface area contributed by atoms with E-state index in [9.17, 15) is 4.79 Å². The van der Waals surface area contributed by atoms with E-state index in [0.29, 0.717) is 5.15 Å². The van der Waals surface area contributed by atoms with Crippen LogP contribution in [0.25, 0.3) is 6.08 Å². The normalized spacial score (nSPS) is 10.8. The van der Waals surface area contributed by atoms with Crippen molar-refractivity contribution in [2.24, 2.45) is 0 Å². The van der Waals surface area contributed by atoms with Crippen LogP contribution in [0.15, 0.2) is 18.2 Å². The Morgan fingerprint density at radius 1 is 1.53 bits per heavy atom. The number of hydrogen-bond donors (Lipinski definition) is 0. The molecule has 0 unspecified atom stereocenters. The molecule has 15 heavy (non-hydrogen) atoms. The minimum atomic E-state index is 0.148. The lowest BCUT2D eigenvalue weighted by molar-refractivity contribution is -0.109. The van der Waals surface area contributed by atoms with Gasteiger partial charge in [-0.15, -0.1) is 10.2 Å². The molecule has 0 radical (unpaired) electrons. The van der Waals surface area contributed by atoms with Crippen LogP contribution in [0.3, 0.4) is 0 Å². The second-order valence-corrected chi connectivity index (χ2v) is 4.47. The molecule has 0 bridgehead atoms. The molecule has 0 aromatic carbocycles. The zero-order chi connectivity index (χ0) is 11.1. The Bertz CT molecular complexity index is 351. The van der Waals surface area contributed by atoms with Crippen molar-refractivity contribution in [3.8, 4) is 0 Å². The maximum Gasteiger partial charge on any atom is 0.185 e. The van der Waals surface area contributed by atoms with Gasteiger partial charge in [0, 0.05) is 12.7 Å². The van der Waals surface area contributed by atoms with E-state index in [1.165, 1.54) is 11.8 Å². The third kappa shape index (κ3) is 5.54. The average molecular weight is 243 g/mol. The third-order valence-electron chi connectivity index (χ3n) is 1.53. The van der Waals surface area contributed by atoms with Gasteiger partial charge in [0.2, 0.25) is 0 Å². The molecule has 0 spiro atoms. The Balaban J connectivity index is 2.32. The molecule has 0 atom stereocenters. The molecule has 3 nitrogen and oxygen atoms in total. The molecule has 80 valence electrons. The summed E-state index contributed by atoms with van der Waals surface area (Å²) in [6.45, 7) is 1.57. The van der Waals surface area contributed by atoms with Gasteiger partial charge in [-0.05, 0) is 24.6 Å². The summed E-state index contributed by atoms with van der Waals surface area (Å²) in [6, 6.07) is 3.49. The zero-order valence-corrected chi connectivity index (χ0v) is 9.88. The van der Waals surface area contributed by atoms with Crippen LogP contribution in [-0.2, 0) is 4.79 Å². The number of nitrogens with zero attached hydrogens (tertiary/aromatic N) is 2. The lowest BCUT2D eigenvalue weighted by Gasteiger charge is -1.92. The second kappa shape index (κ2) is 6.58. The minimum Gasteiger partial charge on any atom is -0.288 e. The first-order valence-corrected chi connectivity index (χ1v) is 5.84. The van der Waals surface area contributed by atoms with Crippen molar-refractivity contribution in [3.05, 3.63) is 29.1 Å². The smallest absolute Gasteiger partial charge is 0.185 e. The molecule has 0 aliphatic heterocycles. The first kappa shape index (κ1) is 12.2. The number of carbonyl (C=O) groups is 1. The van der Waals surface area contributed by atoms with E-state index < -0.39 is 0 Å². The van der Waals surface area contributed by atoms with Gasteiger partial charge < -0.3 is 0 Å². The van der Waals surface area contributed by atoms with E-state index >= 15 is 0 Å². The zero-order valence-electron chi connectivity index (χ0n) is 8.31. The lowest BCUT2D eigenvalue weighted by Crippen LogP contribution is -1.86. The summed E-state index contributed by atoms with van der Waals surface area (Å²) in [5, 5.41) is 8.12. The molecule has 0 saturated carbocycles. The van der Waals surface area contributed by atoms with Gasteiger partial charge >= 0.3 is 0 Å². The summed E-state index contributed by atoms with van der Waals surface area (Å²) in [4.78, 5) is 10.6. The van der Waals surface area contributed by atoms with Crippen molar-refractivity contribution >= 4 is 34.6 Å². The van der Waals surface area contributed by atoms with Crippen molar-refractivity contribution in [3.63, 3.8) is 0 Å². The number of rotatable bonds is 4. The van der Waals surface area contributed by atoms with Crippen molar-refractivity contribution in [1.29, 1.82) is 0 Å². The fourth-order valence-electron chi connectivity index (χ4n) is 0.890. The van der Waals surface area contributed by atoms with Crippen LogP contribution in [0.2, 0.25) is 5.15 Å². The fraction of sp³-hybridized carbons (Fsp3) is 0.300. The maximum absolute atomic E-state index is 10.6. The second-order valence-electron chi connectivity index (χ2n) is 2.81. The Kier molecular flexibility index (Phi) is 5.36. The minimum absolute atomic E-state index is 0.148. The largest absolute Gasteiger partial charge is 0.288 e. The van der Waals surface area contributed by atoms with E-state index in [1.807, 2.05) is 12.2 Å². The van der Waals surface area contributed by atoms with E-state index in [4.69, 9.17) is 11.6 Å². The first-order chi connectivity index (χ1) is 7.18. The van der Waals surface area contributed by atoms with Crippen molar-refractivity contribution < 1.29 is 4.79 Å². The lowest BCUT2D eigenvalue weighted by atomic mass is 10.3. The summed E-state index contributed by atoms with van der Waals surface area (Å²) < 4.78 is 0. The quantitative estimate of drug-likeness (QED) is 0.762. The topological polar surface area (TPSA) is 42.9 Å². The number of thioether (sulfide) groups is 1. The SMILES string of the molecule is CC(=O)SCCC=Cc1ccc(Cl)nn1. The van der Waals surface area contributed by atoms with E-state index in [-0.39, 0.29) is 5.12 Å². The molecule has 0 aliphatic rings. The van der Waals surface area contributed by atoms with Crippen LogP contribution in [-0.4, -0.2) is 21.1 Å². The summed E-state index contributed by atoms with van der Waals surface area (Å²) in [6.07, 6.45) is 4.67. The van der Waals surface area contributed by atoms with E-state index in [1.54, 1.807) is 19.1 Å². The predicted molar refractivity (Wildman–Crippen MR) is 63.8 cm³/mol. The van der Waals surface area contributed by atoms with Gasteiger partial charge in [0.15, 0.2) is 10.3 Å². The average Bonchev–Trinajstić information content (AvgIpc) is 2.20. The molecular formula is C10H11ClN2OS. The maximum atomic E-state index is 10.6.